The smallest absolute Gasteiger partial charge is 0.165 e. The van der Waals surface area contributed by atoms with Gasteiger partial charge in [-0.25, -0.2) is 0 Å². The molecule has 3 nitrogen and oxygen atoms in total. The van der Waals surface area contributed by atoms with Crippen LogP contribution in [0.5, 0.6) is 11.5 Å². The molecule has 2 N–H and O–H groups in total. The third-order valence-corrected chi connectivity index (χ3v) is 4.41. The summed E-state index contributed by atoms with van der Waals surface area (Å²) in [7, 11) is 3.32. The standard InChI is InChI=1S/C13H18BrNO2/c1-8-6-10(16-2)12(17-3)9(11(8)14)7-13(15)4-5-13/h6H,4-5,7,15H2,1-3H3. The summed E-state index contributed by atoms with van der Waals surface area (Å²) in [4.78, 5) is 0. The van der Waals surface area contributed by atoms with Gasteiger partial charge in [0.1, 0.15) is 0 Å². The van der Waals surface area contributed by atoms with Crippen molar-refractivity contribution in [3.8, 4) is 11.5 Å². The summed E-state index contributed by atoms with van der Waals surface area (Å²) in [5.74, 6) is 1.56. The van der Waals surface area contributed by atoms with E-state index < -0.39 is 0 Å². The zero-order chi connectivity index (χ0) is 12.6. The van der Waals surface area contributed by atoms with Gasteiger partial charge in [-0.2, -0.15) is 0 Å². The number of methoxy groups -OCH3 is 2. The topological polar surface area (TPSA) is 44.5 Å². The van der Waals surface area contributed by atoms with Gasteiger partial charge in [0, 0.05) is 15.6 Å². The number of hydrogen-bond donors (Lipinski definition) is 1. The van der Waals surface area contributed by atoms with Crippen LogP contribution < -0.4 is 15.2 Å². The Morgan fingerprint density at radius 1 is 1.35 bits per heavy atom. The highest BCUT2D eigenvalue weighted by molar-refractivity contribution is 9.10. The van der Waals surface area contributed by atoms with Crippen molar-refractivity contribution >= 4 is 15.9 Å². The Kier molecular flexibility index (Phi) is 3.36. The summed E-state index contributed by atoms with van der Waals surface area (Å²) in [6, 6.07) is 1.97. The lowest BCUT2D eigenvalue weighted by molar-refractivity contribution is 0.350. The summed E-state index contributed by atoms with van der Waals surface area (Å²) in [6.45, 7) is 2.05. The van der Waals surface area contributed by atoms with E-state index in [4.69, 9.17) is 15.2 Å². The van der Waals surface area contributed by atoms with Gasteiger partial charge in [0.25, 0.3) is 0 Å². The van der Waals surface area contributed by atoms with Crippen molar-refractivity contribution in [2.24, 2.45) is 5.73 Å². The fourth-order valence-electron chi connectivity index (χ4n) is 2.03. The molecule has 17 heavy (non-hydrogen) atoms. The van der Waals surface area contributed by atoms with Crippen LogP contribution in [-0.4, -0.2) is 19.8 Å². The molecule has 1 aliphatic carbocycles. The summed E-state index contributed by atoms with van der Waals surface area (Å²) in [5, 5.41) is 0. The lowest BCUT2D eigenvalue weighted by Gasteiger charge is -2.18. The molecule has 4 heteroatoms. The van der Waals surface area contributed by atoms with E-state index in [-0.39, 0.29) is 5.54 Å². The first kappa shape index (κ1) is 12.7. The fourth-order valence-corrected chi connectivity index (χ4v) is 2.47. The molecule has 0 amide bonds. The van der Waals surface area contributed by atoms with Crippen molar-refractivity contribution in [3.05, 3.63) is 21.7 Å². The molecular formula is C13H18BrNO2. The fraction of sp³-hybridized carbons (Fsp3) is 0.538. The first-order valence-electron chi connectivity index (χ1n) is 5.69. The largest absolute Gasteiger partial charge is 0.493 e. The zero-order valence-corrected chi connectivity index (χ0v) is 12.1. The highest BCUT2D eigenvalue weighted by Gasteiger charge is 2.39. The molecule has 0 unspecified atom stereocenters. The maximum atomic E-state index is 6.20. The number of halogens is 1. The van der Waals surface area contributed by atoms with Crippen LogP contribution in [0.15, 0.2) is 10.5 Å². The predicted molar refractivity (Wildman–Crippen MR) is 71.8 cm³/mol. The van der Waals surface area contributed by atoms with Crippen LogP contribution in [0.25, 0.3) is 0 Å². The van der Waals surface area contributed by atoms with Crippen LogP contribution in [0.3, 0.4) is 0 Å². The molecule has 2 rings (SSSR count). The van der Waals surface area contributed by atoms with E-state index in [0.29, 0.717) is 0 Å². The first-order valence-corrected chi connectivity index (χ1v) is 6.49. The van der Waals surface area contributed by atoms with Crippen molar-refractivity contribution in [1.82, 2.24) is 0 Å². The van der Waals surface area contributed by atoms with Crippen LogP contribution in [-0.2, 0) is 6.42 Å². The monoisotopic (exact) mass is 299 g/mol. The first-order chi connectivity index (χ1) is 8.00. The van der Waals surface area contributed by atoms with E-state index in [0.717, 1.165) is 46.4 Å². The minimum Gasteiger partial charge on any atom is -0.493 e. The highest BCUT2D eigenvalue weighted by Crippen LogP contribution is 2.44. The van der Waals surface area contributed by atoms with E-state index >= 15 is 0 Å². The van der Waals surface area contributed by atoms with Gasteiger partial charge in [0.2, 0.25) is 0 Å². The van der Waals surface area contributed by atoms with E-state index in [1.165, 1.54) is 0 Å². The van der Waals surface area contributed by atoms with E-state index in [1.54, 1.807) is 14.2 Å². The lowest BCUT2D eigenvalue weighted by atomic mass is 10.0. The molecule has 0 aromatic heterocycles. The van der Waals surface area contributed by atoms with Crippen LogP contribution in [0, 0.1) is 6.92 Å². The van der Waals surface area contributed by atoms with Gasteiger partial charge in [-0.3, -0.25) is 0 Å². The Morgan fingerprint density at radius 2 is 2.00 bits per heavy atom. The average Bonchev–Trinajstić information content (AvgIpc) is 3.02. The third-order valence-electron chi connectivity index (χ3n) is 3.30. The summed E-state index contributed by atoms with van der Waals surface area (Å²) < 4.78 is 11.9. The summed E-state index contributed by atoms with van der Waals surface area (Å²) >= 11 is 3.62. The molecule has 1 aliphatic rings. The Hall–Kier alpha value is -0.740. The number of nitrogens with two attached hydrogens (primary N) is 1. The molecule has 1 saturated carbocycles. The van der Waals surface area contributed by atoms with Crippen molar-refractivity contribution in [2.45, 2.75) is 31.7 Å². The second kappa shape index (κ2) is 4.50. The maximum Gasteiger partial charge on any atom is 0.165 e. The second-order valence-corrected chi connectivity index (χ2v) is 5.55. The van der Waals surface area contributed by atoms with Gasteiger partial charge in [-0.1, -0.05) is 15.9 Å². The number of aryl methyl sites for hydroxylation is 1. The van der Waals surface area contributed by atoms with Gasteiger partial charge in [0.15, 0.2) is 11.5 Å². The normalized spacial score (nSPS) is 16.8. The van der Waals surface area contributed by atoms with Gasteiger partial charge in [-0.15, -0.1) is 0 Å². The summed E-state index contributed by atoms with van der Waals surface area (Å²) in [6.07, 6.45) is 2.99. The molecule has 0 saturated heterocycles. The highest BCUT2D eigenvalue weighted by atomic mass is 79.9. The molecule has 0 atom stereocenters. The van der Waals surface area contributed by atoms with Crippen molar-refractivity contribution in [1.29, 1.82) is 0 Å². The lowest BCUT2D eigenvalue weighted by Crippen LogP contribution is -2.25. The molecule has 1 aromatic carbocycles. The molecule has 1 aromatic rings. The van der Waals surface area contributed by atoms with Crippen LogP contribution in [0.2, 0.25) is 0 Å². The van der Waals surface area contributed by atoms with Gasteiger partial charge >= 0.3 is 0 Å². The number of benzene rings is 1. The predicted octanol–water partition coefficient (Wildman–Crippen LogP) is 2.81. The van der Waals surface area contributed by atoms with Gasteiger partial charge < -0.3 is 15.2 Å². The minimum absolute atomic E-state index is 0.0470. The van der Waals surface area contributed by atoms with E-state index in [2.05, 4.69) is 15.9 Å². The molecule has 1 fully saturated rings. The second-order valence-electron chi connectivity index (χ2n) is 4.76. The van der Waals surface area contributed by atoms with Crippen LogP contribution >= 0.6 is 15.9 Å². The maximum absolute atomic E-state index is 6.20. The summed E-state index contributed by atoms with van der Waals surface area (Å²) in [5.41, 5.74) is 8.40. The molecule has 0 heterocycles. The van der Waals surface area contributed by atoms with E-state index in [9.17, 15) is 0 Å². The Morgan fingerprint density at radius 3 is 2.47 bits per heavy atom. The SMILES string of the molecule is COc1cc(C)c(Br)c(CC2(N)CC2)c1OC. The van der Waals surface area contributed by atoms with Gasteiger partial charge in [0.05, 0.1) is 14.2 Å². The van der Waals surface area contributed by atoms with Crippen molar-refractivity contribution < 1.29 is 9.47 Å². The Labute approximate surface area is 110 Å². The van der Waals surface area contributed by atoms with Crippen molar-refractivity contribution in [2.75, 3.05) is 14.2 Å². The van der Waals surface area contributed by atoms with Crippen LogP contribution in [0.1, 0.15) is 24.0 Å². The zero-order valence-electron chi connectivity index (χ0n) is 10.5. The number of hydrogen-bond acceptors (Lipinski definition) is 3. The minimum atomic E-state index is -0.0470. The average molecular weight is 300 g/mol. The number of ether oxygens (including phenoxy) is 2. The van der Waals surface area contributed by atoms with Crippen LogP contribution in [0.4, 0.5) is 0 Å². The van der Waals surface area contributed by atoms with Crippen molar-refractivity contribution in [3.63, 3.8) is 0 Å². The quantitative estimate of drug-likeness (QED) is 0.930. The Balaban J connectivity index is 2.48. The molecule has 0 radical (unpaired) electrons. The molecule has 94 valence electrons. The molecule has 0 spiro atoms. The molecular weight excluding hydrogens is 282 g/mol. The third kappa shape index (κ3) is 2.43. The number of rotatable bonds is 4. The molecule has 0 aliphatic heterocycles. The van der Waals surface area contributed by atoms with Gasteiger partial charge in [-0.05, 0) is 37.8 Å². The van der Waals surface area contributed by atoms with E-state index in [1.807, 2.05) is 13.0 Å². The Bertz CT molecular complexity index is 442. The molecule has 0 bridgehead atoms.